The summed E-state index contributed by atoms with van der Waals surface area (Å²) in [5.41, 5.74) is 0.558. The van der Waals surface area contributed by atoms with E-state index in [4.69, 9.17) is 5.11 Å². The molecule has 0 unspecified atom stereocenters. The molecule has 5 heteroatoms. The summed E-state index contributed by atoms with van der Waals surface area (Å²) in [6.07, 6.45) is 0. The Labute approximate surface area is 108 Å². The van der Waals surface area contributed by atoms with E-state index in [1.54, 1.807) is 13.0 Å². The molecule has 0 bridgehead atoms. The molecule has 0 fully saturated rings. The predicted octanol–water partition coefficient (Wildman–Crippen LogP) is 3.72. The minimum absolute atomic E-state index is 0.181. The number of nitrogens with one attached hydrogen (secondary N) is 1. The predicted molar refractivity (Wildman–Crippen MR) is 67.8 cm³/mol. The van der Waals surface area contributed by atoms with Crippen molar-refractivity contribution in [3.8, 4) is 0 Å². The molecule has 2 aromatic carbocycles. The lowest BCUT2D eigenvalue weighted by atomic mass is 10.1. The lowest BCUT2D eigenvalue weighted by Gasteiger charge is -2.11. The average Bonchev–Trinajstić information content (AvgIpc) is 2.30. The van der Waals surface area contributed by atoms with E-state index in [1.807, 2.05) is 0 Å². The maximum absolute atomic E-state index is 13.7. The summed E-state index contributed by atoms with van der Waals surface area (Å²) in [7, 11) is 0. The molecule has 0 aliphatic rings. The standard InChI is InChI=1S/C14H11F2NO2/c1-8-5-9(15)7-10(6-8)17-13-11(14(18)19)3-2-4-12(13)16/h2-7,17H,1H3,(H,18,19). The first kappa shape index (κ1) is 13.0. The van der Waals surface area contributed by atoms with Crippen molar-refractivity contribution < 1.29 is 18.7 Å². The van der Waals surface area contributed by atoms with Gasteiger partial charge in [-0.05, 0) is 42.8 Å². The topological polar surface area (TPSA) is 49.3 Å². The quantitative estimate of drug-likeness (QED) is 0.887. The van der Waals surface area contributed by atoms with Crippen LogP contribution in [-0.4, -0.2) is 11.1 Å². The van der Waals surface area contributed by atoms with Gasteiger partial charge >= 0.3 is 5.97 Å². The van der Waals surface area contributed by atoms with Crippen LogP contribution in [0.5, 0.6) is 0 Å². The third-order valence-electron chi connectivity index (χ3n) is 2.56. The number of halogens is 2. The summed E-state index contributed by atoms with van der Waals surface area (Å²) >= 11 is 0. The van der Waals surface area contributed by atoms with Gasteiger partial charge in [-0.3, -0.25) is 0 Å². The monoisotopic (exact) mass is 263 g/mol. The highest BCUT2D eigenvalue weighted by atomic mass is 19.1. The molecule has 2 N–H and O–H groups in total. The third kappa shape index (κ3) is 2.88. The van der Waals surface area contributed by atoms with Crippen LogP contribution >= 0.6 is 0 Å². The minimum Gasteiger partial charge on any atom is -0.478 e. The van der Waals surface area contributed by atoms with E-state index in [-0.39, 0.29) is 11.3 Å². The Balaban J connectivity index is 2.45. The number of hydrogen-bond acceptors (Lipinski definition) is 2. The van der Waals surface area contributed by atoms with Crippen LogP contribution in [0.2, 0.25) is 0 Å². The van der Waals surface area contributed by atoms with Gasteiger partial charge in [-0.2, -0.15) is 0 Å². The number of carboxylic acid groups (broad SMARTS) is 1. The molecular weight excluding hydrogens is 252 g/mol. The Morgan fingerprint density at radius 2 is 1.95 bits per heavy atom. The molecule has 3 nitrogen and oxygen atoms in total. The van der Waals surface area contributed by atoms with Crippen LogP contribution in [0.25, 0.3) is 0 Å². The molecule has 98 valence electrons. The summed E-state index contributed by atoms with van der Waals surface area (Å²) in [5, 5.41) is 11.6. The fourth-order valence-electron chi connectivity index (χ4n) is 1.78. The lowest BCUT2D eigenvalue weighted by Crippen LogP contribution is -2.05. The second-order valence-corrected chi connectivity index (χ2v) is 4.11. The van der Waals surface area contributed by atoms with Crippen molar-refractivity contribution in [3.05, 3.63) is 59.2 Å². The van der Waals surface area contributed by atoms with Crippen LogP contribution in [0, 0.1) is 18.6 Å². The zero-order chi connectivity index (χ0) is 14.0. The van der Waals surface area contributed by atoms with E-state index in [9.17, 15) is 13.6 Å². The largest absolute Gasteiger partial charge is 0.478 e. The Bertz CT molecular complexity index is 621. The van der Waals surface area contributed by atoms with E-state index >= 15 is 0 Å². The molecule has 0 spiro atoms. The van der Waals surface area contributed by atoms with Crippen LogP contribution in [0.4, 0.5) is 20.2 Å². The zero-order valence-electron chi connectivity index (χ0n) is 10.1. The number of carboxylic acids is 1. The van der Waals surface area contributed by atoms with Gasteiger partial charge in [-0.15, -0.1) is 0 Å². The maximum Gasteiger partial charge on any atom is 0.337 e. The molecular formula is C14H11F2NO2. The van der Waals surface area contributed by atoms with Gasteiger partial charge in [0.05, 0.1) is 11.3 Å². The minimum atomic E-state index is -1.25. The molecule has 0 heterocycles. The van der Waals surface area contributed by atoms with Gasteiger partial charge < -0.3 is 10.4 Å². The normalized spacial score (nSPS) is 10.3. The van der Waals surface area contributed by atoms with Gasteiger partial charge in [0.1, 0.15) is 11.6 Å². The van der Waals surface area contributed by atoms with Gasteiger partial charge in [-0.25, -0.2) is 13.6 Å². The Morgan fingerprint density at radius 3 is 2.58 bits per heavy atom. The number of aryl methyl sites for hydroxylation is 1. The van der Waals surface area contributed by atoms with E-state index < -0.39 is 17.6 Å². The van der Waals surface area contributed by atoms with Gasteiger partial charge in [-0.1, -0.05) is 6.07 Å². The highest BCUT2D eigenvalue weighted by molar-refractivity contribution is 5.95. The van der Waals surface area contributed by atoms with Gasteiger partial charge in [0.25, 0.3) is 0 Å². The Hall–Kier alpha value is -2.43. The third-order valence-corrected chi connectivity index (χ3v) is 2.56. The first-order valence-electron chi connectivity index (χ1n) is 5.53. The molecule has 0 saturated carbocycles. The number of hydrogen-bond donors (Lipinski definition) is 2. The first-order valence-corrected chi connectivity index (χ1v) is 5.53. The molecule has 0 aromatic heterocycles. The van der Waals surface area contributed by atoms with Crippen LogP contribution in [0.3, 0.4) is 0 Å². The van der Waals surface area contributed by atoms with Gasteiger partial charge in [0.2, 0.25) is 0 Å². The molecule has 0 radical (unpaired) electrons. The maximum atomic E-state index is 13.7. The number of benzene rings is 2. The van der Waals surface area contributed by atoms with Crippen molar-refractivity contribution in [1.82, 2.24) is 0 Å². The van der Waals surface area contributed by atoms with Crippen molar-refractivity contribution >= 4 is 17.3 Å². The summed E-state index contributed by atoms with van der Waals surface area (Å²) in [6.45, 7) is 1.69. The zero-order valence-corrected chi connectivity index (χ0v) is 10.1. The number of rotatable bonds is 3. The molecule has 2 aromatic rings. The SMILES string of the molecule is Cc1cc(F)cc(Nc2c(F)cccc2C(=O)O)c1. The molecule has 0 aliphatic carbocycles. The number of aromatic carboxylic acids is 1. The summed E-state index contributed by atoms with van der Waals surface area (Å²) in [4.78, 5) is 11.0. The molecule has 0 amide bonds. The van der Waals surface area contributed by atoms with Crippen molar-refractivity contribution in [3.63, 3.8) is 0 Å². The molecule has 2 rings (SSSR count). The molecule has 19 heavy (non-hydrogen) atoms. The first-order chi connectivity index (χ1) is 8.97. The van der Waals surface area contributed by atoms with E-state index in [2.05, 4.69) is 5.32 Å². The van der Waals surface area contributed by atoms with Crippen molar-refractivity contribution in [1.29, 1.82) is 0 Å². The fraction of sp³-hybridized carbons (Fsp3) is 0.0714. The van der Waals surface area contributed by atoms with Crippen LogP contribution < -0.4 is 5.32 Å². The highest BCUT2D eigenvalue weighted by Gasteiger charge is 2.14. The second-order valence-electron chi connectivity index (χ2n) is 4.11. The van der Waals surface area contributed by atoms with Crippen LogP contribution in [0.1, 0.15) is 15.9 Å². The van der Waals surface area contributed by atoms with Crippen molar-refractivity contribution in [2.24, 2.45) is 0 Å². The number of anilines is 2. The van der Waals surface area contributed by atoms with Crippen LogP contribution in [0.15, 0.2) is 36.4 Å². The van der Waals surface area contributed by atoms with Crippen LogP contribution in [-0.2, 0) is 0 Å². The van der Waals surface area contributed by atoms with E-state index in [0.29, 0.717) is 11.3 Å². The molecule has 0 aliphatic heterocycles. The van der Waals surface area contributed by atoms with Crippen molar-refractivity contribution in [2.75, 3.05) is 5.32 Å². The van der Waals surface area contributed by atoms with Gasteiger partial charge in [0.15, 0.2) is 0 Å². The highest BCUT2D eigenvalue weighted by Crippen LogP contribution is 2.25. The van der Waals surface area contributed by atoms with Gasteiger partial charge in [0, 0.05) is 5.69 Å². The Morgan fingerprint density at radius 1 is 1.21 bits per heavy atom. The number of carbonyl (C=O) groups is 1. The number of para-hydroxylation sites is 1. The fourth-order valence-corrected chi connectivity index (χ4v) is 1.78. The smallest absolute Gasteiger partial charge is 0.337 e. The van der Waals surface area contributed by atoms with Crippen molar-refractivity contribution in [2.45, 2.75) is 6.92 Å². The second kappa shape index (κ2) is 5.06. The average molecular weight is 263 g/mol. The van der Waals surface area contributed by atoms with E-state index in [1.165, 1.54) is 24.3 Å². The molecule has 0 saturated heterocycles. The lowest BCUT2D eigenvalue weighted by molar-refractivity contribution is 0.0697. The molecule has 0 atom stereocenters. The Kier molecular flexibility index (Phi) is 3.46. The summed E-state index contributed by atoms with van der Waals surface area (Å²) < 4.78 is 26.9. The summed E-state index contributed by atoms with van der Waals surface area (Å²) in [5.74, 6) is -2.44. The van der Waals surface area contributed by atoms with E-state index in [0.717, 1.165) is 6.07 Å². The summed E-state index contributed by atoms with van der Waals surface area (Å²) in [6, 6.07) is 7.82.